The summed E-state index contributed by atoms with van der Waals surface area (Å²) < 4.78 is 18.4. The molecular weight excluding hydrogens is 414 g/mol. The van der Waals surface area contributed by atoms with Gasteiger partial charge in [-0.25, -0.2) is 0 Å². The lowest BCUT2D eigenvalue weighted by Crippen LogP contribution is -2.29. The summed E-state index contributed by atoms with van der Waals surface area (Å²) in [6.45, 7) is 17.5. The van der Waals surface area contributed by atoms with Gasteiger partial charge in [-0.3, -0.25) is 0 Å². The van der Waals surface area contributed by atoms with Crippen molar-refractivity contribution in [2.24, 2.45) is 5.92 Å². The quantitative estimate of drug-likeness (QED) is 0.0954. The van der Waals surface area contributed by atoms with Crippen molar-refractivity contribution in [2.75, 3.05) is 39.5 Å². The maximum Gasteiger partial charge on any atom is 0.484 e. The highest BCUT2D eigenvalue weighted by Gasteiger charge is 2.17. The molecule has 0 amide bonds. The third-order valence-corrected chi connectivity index (χ3v) is 7.67. The third-order valence-electron chi connectivity index (χ3n) is 6.15. The van der Waals surface area contributed by atoms with Gasteiger partial charge in [-0.05, 0) is 70.5 Å². The van der Waals surface area contributed by atoms with Gasteiger partial charge in [0.1, 0.15) is 0 Å². The summed E-state index contributed by atoms with van der Waals surface area (Å²) in [5, 5.41) is 0. The fraction of sp³-hybridized carbons (Fsp3) is 1.00. The van der Waals surface area contributed by atoms with Crippen molar-refractivity contribution in [3.8, 4) is 0 Å². The van der Waals surface area contributed by atoms with Crippen LogP contribution < -0.4 is 0 Å². The second kappa shape index (κ2) is 25.7. The molecule has 4 nitrogen and oxygen atoms in total. The summed E-state index contributed by atoms with van der Waals surface area (Å²) in [6.07, 6.45) is 18.7. The van der Waals surface area contributed by atoms with E-state index >= 15 is 0 Å². The molecule has 1 unspecified atom stereocenters. The van der Waals surface area contributed by atoms with Gasteiger partial charge in [0.2, 0.25) is 0 Å². The average Bonchev–Trinajstić information content (AvgIpc) is 2.78. The molecule has 0 bridgehead atoms. The van der Waals surface area contributed by atoms with Gasteiger partial charge < -0.3 is 18.2 Å². The van der Waals surface area contributed by atoms with Gasteiger partial charge in [0.05, 0.1) is 0 Å². The van der Waals surface area contributed by atoms with Gasteiger partial charge in [0, 0.05) is 19.8 Å². The van der Waals surface area contributed by atoms with E-state index in [-0.39, 0.29) is 0 Å². The predicted octanol–water partition coefficient (Wildman–Crippen LogP) is 7.62. The zero-order valence-electron chi connectivity index (χ0n) is 22.7. The molecule has 194 valence electrons. The first-order valence-electron chi connectivity index (χ1n) is 14.3. The highest BCUT2D eigenvalue weighted by atomic mass is 28.3. The fourth-order valence-electron chi connectivity index (χ4n) is 4.30. The summed E-state index contributed by atoms with van der Waals surface area (Å²) in [7, 11) is -1.99. The van der Waals surface area contributed by atoms with Crippen molar-refractivity contribution in [3.63, 3.8) is 0 Å². The van der Waals surface area contributed by atoms with Gasteiger partial charge in [-0.15, -0.1) is 0 Å². The van der Waals surface area contributed by atoms with Crippen LogP contribution in [-0.4, -0.2) is 53.9 Å². The Morgan fingerprint density at radius 1 is 0.500 bits per heavy atom. The van der Waals surface area contributed by atoms with Crippen LogP contribution in [-0.2, 0) is 13.3 Å². The van der Waals surface area contributed by atoms with Gasteiger partial charge in [-0.2, -0.15) is 0 Å². The molecule has 0 fully saturated rings. The summed E-state index contributed by atoms with van der Waals surface area (Å²) >= 11 is 0. The zero-order valence-corrected chi connectivity index (χ0v) is 23.8. The fourth-order valence-corrected chi connectivity index (χ4v) is 5.64. The smallest absolute Gasteiger partial charge is 0.376 e. The molecule has 0 saturated heterocycles. The SMILES string of the molecule is CCCCCCO[SiH](OCCCCCC)OCCC(CCC)CCCN(CCC)CCC. The topological polar surface area (TPSA) is 30.9 Å². The van der Waals surface area contributed by atoms with Crippen LogP contribution in [0, 0.1) is 5.92 Å². The molecule has 0 aliphatic heterocycles. The van der Waals surface area contributed by atoms with Crippen LogP contribution in [0.4, 0.5) is 0 Å². The maximum absolute atomic E-state index is 6.22. The summed E-state index contributed by atoms with van der Waals surface area (Å²) in [5.74, 6) is 0.772. The lowest BCUT2D eigenvalue weighted by molar-refractivity contribution is 0.0842. The monoisotopic (exact) mass is 473 g/mol. The van der Waals surface area contributed by atoms with Crippen LogP contribution in [0.2, 0.25) is 0 Å². The Kier molecular flexibility index (Phi) is 25.7. The normalized spacial score (nSPS) is 12.8. The highest BCUT2D eigenvalue weighted by Crippen LogP contribution is 2.19. The molecule has 0 heterocycles. The Bertz CT molecular complexity index is 340. The molecule has 0 aromatic rings. The molecule has 0 aliphatic carbocycles. The standard InChI is InChI=1S/C27H59NO3Si/c1-6-11-13-15-24-29-32(30-25-16-14-12-7-2)31-26-20-27(18-8-3)19-17-23-28(21-9-4)22-10-5/h27,32H,6-26H2,1-5H3. The lowest BCUT2D eigenvalue weighted by Gasteiger charge is -2.23. The molecule has 0 aliphatic rings. The van der Waals surface area contributed by atoms with E-state index in [4.69, 9.17) is 13.3 Å². The van der Waals surface area contributed by atoms with Crippen molar-refractivity contribution in [1.82, 2.24) is 4.90 Å². The molecule has 0 aromatic heterocycles. The van der Waals surface area contributed by atoms with E-state index in [0.717, 1.165) is 45.0 Å². The third kappa shape index (κ3) is 20.6. The van der Waals surface area contributed by atoms with Crippen molar-refractivity contribution < 1.29 is 13.3 Å². The minimum Gasteiger partial charge on any atom is -0.376 e. The summed E-state index contributed by atoms with van der Waals surface area (Å²) in [6, 6.07) is 0. The van der Waals surface area contributed by atoms with Crippen LogP contribution in [0.15, 0.2) is 0 Å². The Hall–Kier alpha value is 0.0569. The molecule has 5 heteroatoms. The van der Waals surface area contributed by atoms with Crippen LogP contribution >= 0.6 is 0 Å². The number of hydrogen-bond acceptors (Lipinski definition) is 4. The van der Waals surface area contributed by atoms with Crippen molar-refractivity contribution in [3.05, 3.63) is 0 Å². The molecule has 0 radical (unpaired) electrons. The molecule has 32 heavy (non-hydrogen) atoms. The number of rotatable bonds is 26. The molecule has 0 N–H and O–H groups in total. The highest BCUT2D eigenvalue weighted by molar-refractivity contribution is 6.36. The summed E-state index contributed by atoms with van der Waals surface area (Å²) in [4.78, 5) is 2.64. The van der Waals surface area contributed by atoms with E-state index < -0.39 is 9.53 Å². The van der Waals surface area contributed by atoms with E-state index in [0.29, 0.717) is 0 Å². The van der Waals surface area contributed by atoms with Crippen LogP contribution in [0.25, 0.3) is 0 Å². The number of nitrogens with zero attached hydrogens (tertiary/aromatic N) is 1. The second-order valence-electron chi connectivity index (χ2n) is 9.45. The first kappa shape index (κ1) is 32.1. The minimum atomic E-state index is -1.99. The Labute approximate surface area is 204 Å². The zero-order chi connectivity index (χ0) is 23.7. The molecule has 1 atom stereocenters. The van der Waals surface area contributed by atoms with Gasteiger partial charge in [-0.1, -0.05) is 86.0 Å². The molecule has 0 saturated carbocycles. The maximum atomic E-state index is 6.22. The largest absolute Gasteiger partial charge is 0.484 e. The average molecular weight is 474 g/mol. The van der Waals surface area contributed by atoms with E-state index in [2.05, 4.69) is 39.5 Å². The van der Waals surface area contributed by atoms with Crippen LogP contribution in [0.5, 0.6) is 0 Å². The molecule has 0 rings (SSSR count). The van der Waals surface area contributed by atoms with E-state index in [1.54, 1.807) is 0 Å². The van der Waals surface area contributed by atoms with E-state index in [1.165, 1.54) is 96.7 Å². The van der Waals surface area contributed by atoms with E-state index in [9.17, 15) is 0 Å². The van der Waals surface area contributed by atoms with Crippen LogP contribution in [0.1, 0.15) is 131 Å². The van der Waals surface area contributed by atoms with Crippen molar-refractivity contribution >= 4 is 9.53 Å². The van der Waals surface area contributed by atoms with E-state index in [1.807, 2.05) is 0 Å². The number of unbranched alkanes of at least 4 members (excludes halogenated alkanes) is 6. The minimum absolute atomic E-state index is 0.772. The van der Waals surface area contributed by atoms with Gasteiger partial charge in [0.15, 0.2) is 0 Å². The van der Waals surface area contributed by atoms with Crippen molar-refractivity contribution in [1.29, 1.82) is 0 Å². The van der Waals surface area contributed by atoms with Crippen LogP contribution in [0.3, 0.4) is 0 Å². The predicted molar refractivity (Wildman–Crippen MR) is 143 cm³/mol. The number of hydrogen-bond donors (Lipinski definition) is 0. The Morgan fingerprint density at radius 3 is 1.56 bits per heavy atom. The lowest BCUT2D eigenvalue weighted by atomic mass is 9.95. The Balaban J connectivity index is 4.31. The van der Waals surface area contributed by atoms with Gasteiger partial charge >= 0.3 is 9.53 Å². The molecule has 0 aromatic carbocycles. The van der Waals surface area contributed by atoms with Crippen molar-refractivity contribution in [2.45, 2.75) is 131 Å². The molecule has 0 spiro atoms. The Morgan fingerprint density at radius 2 is 1.06 bits per heavy atom. The first-order chi connectivity index (χ1) is 15.7. The first-order valence-corrected chi connectivity index (χ1v) is 15.7. The summed E-state index contributed by atoms with van der Waals surface area (Å²) in [5.41, 5.74) is 0. The van der Waals surface area contributed by atoms with Gasteiger partial charge in [0.25, 0.3) is 0 Å². The molecular formula is C27H59NO3Si. The second-order valence-corrected chi connectivity index (χ2v) is 11.0.